The van der Waals surface area contributed by atoms with E-state index in [1.807, 2.05) is 13.0 Å². The first-order valence-corrected chi connectivity index (χ1v) is 2.92. The molecule has 3 nitrogen and oxygen atoms in total. The van der Waals surface area contributed by atoms with Crippen molar-refractivity contribution in [3.05, 3.63) is 17.1 Å². The third-order valence-electron chi connectivity index (χ3n) is 1.53. The van der Waals surface area contributed by atoms with E-state index < -0.39 is 0 Å². The van der Waals surface area contributed by atoms with Crippen molar-refractivity contribution in [2.75, 3.05) is 5.73 Å². The topological polar surface area (TPSA) is 63.0 Å². The molecular formula is C7H8N2O. The van der Waals surface area contributed by atoms with Crippen LogP contribution in [0.1, 0.15) is 17.1 Å². The van der Waals surface area contributed by atoms with Gasteiger partial charge in [0.1, 0.15) is 11.8 Å². The summed E-state index contributed by atoms with van der Waals surface area (Å²) in [7, 11) is 0. The van der Waals surface area contributed by atoms with Crippen molar-refractivity contribution in [1.82, 2.24) is 0 Å². The van der Waals surface area contributed by atoms with Gasteiger partial charge in [-0.25, -0.2) is 0 Å². The molecule has 3 heteroatoms. The molecule has 1 rings (SSSR count). The van der Waals surface area contributed by atoms with Crippen LogP contribution in [0.15, 0.2) is 4.42 Å². The van der Waals surface area contributed by atoms with Crippen molar-refractivity contribution in [3.8, 4) is 6.07 Å². The van der Waals surface area contributed by atoms with E-state index >= 15 is 0 Å². The van der Waals surface area contributed by atoms with Gasteiger partial charge in [-0.2, -0.15) is 5.26 Å². The molecule has 52 valence electrons. The number of nitrogens with two attached hydrogens (primary N) is 1. The van der Waals surface area contributed by atoms with E-state index in [1.165, 1.54) is 0 Å². The van der Waals surface area contributed by atoms with Crippen LogP contribution in [-0.4, -0.2) is 0 Å². The minimum absolute atomic E-state index is 0.218. The van der Waals surface area contributed by atoms with Gasteiger partial charge in [-0.15, -0.1) is 0 Å². The van der Waals surface area contributed by atoms with Gasteiger partial charge in [0.25, 0.3) is 0 Å². The average Bonchev–Trinajstić information content (AvgIpc) is 2.17. The summed E-state index contributed by atoms with van der Waals surface area (Å²) in [6, 6.07) is 1.87. The molecule has 0 spiro atoms. The molecule has 0 aliphatic carbocycles. The normalized spacial score (nSPS) is 9.30. The highest BCUT2D eigenvalue weighted by atomic mass is 16.3. The summed E-state index contributed by atoms with van der Waals surface area (Å²) in [5.74, 6) is 0.934. The van der Waals surface area contributed by atoms with Gasteiger partial charge in [-0.3, -0.25) is 0 Å². The molecule has 0 saturated carbocycles. The van der Waals surface area contributed by atoms with Crippen LogP contribution in [0.3, 0.4) is 0 Å². The zero-order valence-electron chi connectivity index (χ0n) is 5.93. The molecule has 1 aromatic heterocycles. The predicted octanol–water partition coefficient (Wildman–Crippen LogP) is 1.35. The number of nitriles is 1. The quantitative estimate of drug-likeness (QED) is 0.585. The SMILES string of the molecule is Cc1oc(C#N)c(N)c1C. The number of hydrogen-bond acceptors (Lipinski definition) is 3. The Labute approximate surface area is 59.1 Å². The summed E-state index contributed by atoms with van der Waals surface area (Å²) in [6.07, 6.45) is 0. The first-order chi connectivity index (χ1) is 4.66. The number of aryl methyl sites for hydroxylation is 1. The van der Waals surface area contributed by atoms with E-state index in [2.05, 4.69) is 0 Å². The molecule has 0 atom stereocenters. The van der Waals surface area contributed by atoms with Gasteiger partial charge < -0.3 is 10.2 Å². The molecule has 0 aromatic carbocycles. The summed E-state index contributed by atoms with van der Waals surface area (Å²) < 4.78 is 5.01. The fourth-order valence-corrected chi connectivity index (χ4v) is 0.728. The number of rotatable bonds is 0. The maximum Gasteiger partial charge on any atom is 0.226 e. The minimum Gasteiger partial charge on any atom is -0.448 e. The average molecular weight is 136 g/mol. The van der Waals surface area contributed by atoms with Gasteiger partial charge in [0.2, 0.25) is 5.76 Å². The zero-order chi connectivity index (χ0) is 7.72. The zero-order valence-corrected chi connectivity index (χ0v) is 5.93. The van der Waals surface area contributed by atoms with E-state index in [0.717, 1.165) is 5.56 Å². The van der Waals surface area contributed by atoms with Gasteiger partial charge in [-0.05, 0) is 13.8 Å². The van der Waals surface area contributed by atoms with Crippen LogP contribution in [0.4, 0.5) is 5.69 Å². The molecular weight excluding hydrogens is 128 g/mol. The second-order valence-electron chi connectivity index (χ2n) is 2.14. The molecule has 0 amide bonds. The number of nitrogen functional groups attached to an aromatic ring is 1. The van der Waals surface area contributed by atoms with Crippen molar-refractivity contribution in [1.29, 1.82) is 5.26 Å². The molecule has 10 heavy (non-hydrogen) atoms. The number of nitrogens with zero attached hydrogens (tertiary/aromatic N) is 1. The molecule has 0 bridgehead atoms. The van der Waals surface area contributed by atoms with Crippen LogP contribution in [0, 0.1) is 25.2 Å². The van der Waals surface area contributed by atoms with Crippen molar-refractivity contribution >= 4 is 5.69 Å². The van der Waals surface area contributed by atoms with E-state index in [-0.39, 0.29) is 5.76 Å². The van der Waals surface area contributed by atoms with Gasteiger partial charge >= 0.3 is 0 Å². The fraction of sp³-hybridized carbons (Fsp3) is 0.286. The Hall–Kier alpha value is -1.43. The Kier molecular flexibility index (Phi) is 1.38. The second kappa shape index (κ2) is 2.07. The smallest absolute Gasteiger partial charge is 0.226 e. The summed E-state index contributed by atoms with van der Waals surface area (Å²) >= 11 is 0. The van der Waals surface area contributed by atoms with Gasteiger partial charge in [-0.1, -0.05) is 0 Å². The van der Waals surface area contributed by atoms with Gasteiger partial charge in [0, 0.05) is 5.56 Å². The first-order valence-electron chi connectivity index (χ1n) is 2.92. The molecule has 1 heterocycles. The molecule has 0 unspecified atom stereocenters. The van der Waals surface area contributed by atoms with E-state index in [9.17, 15) is 0 Å². The summed E-state index contributed by atoms with van der Waals surface area (Å²) in [6.45, 7) is 3.61. The van der Waals surface area contributed by atoms with E-state index in [4.69, 9.17) is 15.4 Å². The maximum absolute atomic E-state index is 8.43. The van der Waals surface area contributed by atoms with Crippen LogP contribution in [0.2, 0.25) is 0 Å². The summed E-state index contributed by atoms with van der Waals surface area (Å²) in [4.78, 5) is 0. The molecule has 0 radical (unpaired) electrons. The van der Waals surface area contributed by atoms with E-state index in [1.54, 1.807) is 6.92 Å². The largest absolute Gasteiger partial charge is 0.448 e. The third-order valence-corrected chi connectivity index (χ3v) is 1.53. The lowest BCUT2D eigenvalue weighted by Crippen LogP contribution is -1.86. The Morgan fingerprint density at radius 1 is 1.50 bits per heavy atom. The van der Waals surface area contributed by atoms with Crippen LogP contribution < -0.4 is 5.73 Å². The van der Waals surface area contributed by atoms with Gasteiger partial charge in [0.15, 0.2) is 0 Å². The van der Waals surface area contributed by atoms with Crippen molar-refractivity contribution in [2.45, 2.75) is 13.8 Å². The molecule has 0 aliphatic heterocycles. The maximum atomic E-state index is 8.43. The molecule has 0 saturated heterocycles. The minimum atomic E-state index is 0.218. The lowest BCUT2D eigenvalue weighted by molar-refractivity contribution is 0.520. The standard InChI is InChI=1S/C7H8N2O/c1-4-5(2)10-6(3-8)7(4)9/h9H2,1-2H3. The molecule has 0 fully saturated rings. The summed E-state index contributed by atoms with van der Waals surface area (Å²) in [5.41, 5.74) is 6.81. The van der Waals surface area contributed by atoms with Crippen LogP contribution in [0.5, 0.6) is 0 Å². The number of anilines is 1. The van der Waals surface area contributed by atoms with E-state index in [0.29, 0.717) is 11.4 Å². The monoisotopic (exact) mass is 136 g/mol. The van der Waals surface area contributed by atoms with Crippen LogP contribution in [0.25, 0.3) is 0 Å². The van der Waals surface area contributed by atoms with Crippen molar-refractivity contribution < 1.29 is 4.42 Å². The molecule has 2 N–H and O–H groups in total. The summed E-state index contributed by atoms with van der Waals surface area (Å²) in [5, 5.41) is 8.43. The fourth-order valence-electron chi connectivity index (χ4n) is 0.728. The molecule has 0 aliphatic rings. The highest BCUT2D eigenvalue weighted by Gasteiger charge is 2.09. The Morgan fingerprint density at radius 3 is 2.30 bits per heavy atom. The third kappa shape index (κ3) is 0.742. The second-order valence-corrected chi connectivity index (χ2v) is 2.14. The Balaban J connectivity index is 3.34. The molecule has 1 aromatic rings. The first kappa shape index (κ1) is 6.69. The highest BCUT2D eigenvalue weighted by Crippen LogP contribution is 2.22. The van der Waals surface area contributed by atoms with Crippen molar-refractivity contribution in [2.24, 2.45) is 0 Å². The van der Waals surface area contributed by atoms with Gasteiger partial charge in [0.05, 0.1) is 5.69 Å². The highest BCUT2D eigenvalue weighted by molar-refractivity contribution is 5.56. The van der Waals surface area contributed by atoms with Crippen LogP contribution >= 0.6 is 0 Å². The van der Waals surface area contributed by atoms with Crippen molar-refractivity contribution in [3.63, 3.8) is 0 Å². The lowest BCUT2D eigenvalue weighted by atomic mass is 10.2. The van der Waals surface area contributed by atoms with Crippen LogP contribution in [-0.2, 0) is 0 Å². The predicted molar refractivity (Wildman–Crippen MR) is 37.3 cm³/mol. The number of furan rings is 1. The Bertz CT molecular complexity index is 293. The Morgan fingerprint density at radius 2 is 2.10 bits per heavy atom. The lowest BCUT2D eigenvalue weighted by Gasteiger charge is -1.84. The number of hydrogen-bond donors (Lipinski definition) is 1.